The first kappa shape index (κ1) is 14.3. The van der Waals surface area contributed by atoms with Gasteiger partial charge in [-0.3, -0.25) is 9.59 Å². The van der Waals surface area contributed by atoms with Gasteiger partial charge in [-0.25, -0.2) is 0 Å². The molecule has 1 saturated heterocycles. The predicted molar refractivity (Wildman–Crippen MR) is 71.8 cm³/mol. The van der Waals surface area contributed by atoms with Gasteiger partial charge in [0.05, 0.1) is 11.8 Å². The van der Waals surface area contributed by atoms with Gasteiger partial charge in [0.15, 0.2) is 0 Å². The number of likely N-dealkylation sites (tertiary alicyclic amines) is 1. The number of aliphatic carboxylic acids is 1. The Bertz CT molecular complexity index is 347. The highest BCUT2D eigenvalue weighted by molar-refractivity contribution is 5.89. The van der Waals surface area contributed by atoms with Crippen LogP contribution >= 0.6 is 0 Å². The van der Waals surface area contributed by atoms with Crippen molar-refractivity contribution in [2.24, 2.45) is 11.8 Å². The normalized spacial score (nSPS) is 27.6. The molecule has 2 unspecified atom stereocenters. The van der Waals surface area contributed by atoms with E-state index in [0.717, 1.165) is 39.0 Å². The minimum atomic E-state index is -0.823. The van der Waals surface area contributed by atoms with E-state index in [-0.39, 0.29) is 11.8 Å². The average molecular weight is 268 g/mol. The fraction of sp³-hybridized carbons (Fsp3) is 0.857. The maximum atomic E-state index is 12.1. The first-order valence-corrected chi connectivity index (χ1v) is 7.34. The number of amides is 1. The van der Waals surface area contributed by atoms with Crippen molar-refractivity contribution in [3.8, 4) is 0 Å². The molecule has 2 atom stereocenters. The van der Waals surface area contributed by atoms with E-state index in [1.165, 1.54) is 0 Å². The molecule has 0 aromatic rings. The second-order valence-corrected chi connectivity index (χ2v) is 5.56. The summed E-state index contributed by atoms with van der Waals surface area (Å²) in [4.78, 5) is 27.3. The van der Waals surface area contributed by atoms with E-state index in [1.54, 1.807) is 0 Å². The Morgan fingerprint density at radius 3 is 2.16 bits per heavy atom. The van der Waals surface area contributed by atoms with Gasteiger partial charge in [-0.15, -0.1) is 0 Å². The molecule has 1 aliphatic carbocycles. The zero-order chi connectivity index (χ0) is 14.0. The quantitative estimate of drug-likeness (QED) is 0.809. The standard InChI is InChI=1S/C14H24N2O3/c1-3-15(4-2)10-5-7-16(8-6-10)13(17)11-9-12(11)14(18)19/h10-12H,3-9H2,1-2H3,(H,18,19). The van der Waals surface area contributed by atoms with Crippen LogP contribution < -0.4 is 0 Å². The monoisotopic (exact) mass is 268 g/mol. The van der Waals surface area contributed by atoms with Crippen LogP contribution in [-0.2, 0) is 9.59 Å². The molecule has 1 aliphatic heterocycles. The van der Waals surface area contributed by atoms with Gasteiger partial charge in [-0.05, 0) is 32.4 Å². The molecular formula is C14H24N2O3. The van der Waals surface area contributed by atoms with Crippen LogP contribution in [0.1, 0.15) is 33.1 Å². The largest absolute Gasteiger partial charge is 0.481 e. The predicted octanol–water partition coefficient (Wildman–Crippen LogP) is 1.04. The smallest absolute Gasteiger partial charge is 0.307 e. The second kappa shape index (κ2) is 5.90. The highest BCUT2D eigenvalue weighted by Gasteiger charge is 2.50. The van der Waals surface area contributed by atoms with Crippen LogP contribution in [-0.4, -0.2) is 59.0 Å². The zero-order valence-corrected chi connectivity index (χ0v) is 11.8. The summed E-state index contributed by atoms with van der Waals surface area (Å²) in [6.45, 7) is 8.01. The van der Waals surface area contributed by atoms with Crippen molar-refractivity contribution in [3.63, 3.8) is 0 Å². The van der Waals surface area contributed by atoms with Gasteiger partial charge in [-0.1, -0.05) is 13.8 Å². The molecule has 19 heavy (non-hydrogen) atoms. The fourth-order valence-corrected chi connectivity index (χ4v) is 3.17. The zero-order valence-electron chi connectivity index (χ0n) is 11.8. The lowest BCUT2D eigenvalue weighted by Gasteiger charge is -2.37. The van der Waals surface area contributed by atoms with Crippen LogP contribution in [0.15, 0.2) is 0 Å². The van der Waals surface area contributed by atoms with Gasteiger partial charge < -0.3 is 14.9 Å². The van der Waals surface area contributed by atoms with E-state index >= 15 is 0 Å². The molecule has 2 rings (SSSR count). The Labute approximate surface area is 114 Å². The first-order valence-electron chi connectivity index (χ1n) is 7.34. The van der Waals surface area contributed by atoms with Crippen molar-refractivity contribution in [2.45, 2.75) is 39.2 Å². The van der Waals surface area contributed by atoms with Crippen LogP contribution in [0.3, 0.4) is 0 Å². The molecule has 0 aromatic heterocycles. The summed E-state index contributed by atoms with van der Waals surface area (Å²) in [6.07, 6.45) is 2.56. The molecule has 1 N–H and O–H groups in total. The third-order valence-electron chi connectivity index (χ3n) is 4.53. The van der Waals surface area contributed by atoms with E-state index < -0.39 is 11.9 Å². The molecule has 108 valence electrons. The van der Waals surface area contributed by atoms with Gasteiger partial charge in [0.25, 0.3) is 0 Å². The lowest BCUT2D eigenvalue weighted by molar-refractivity contribution is -0.142. The molecule has 0 aromatic carbocycles. The van der Waals surface area contributed by atoms with Crippen LogP contribution in [0.5, 0.6) is 0 Å². The van der Waals surface area contributed by atoms with Gasteiger partial charge >= 0.3 is 5.97 Å². The molecule has 2 aliphatic rings. The highest BCUT2D eigenvalue weighted by atomic mass is 16.4. The summed E-state index contributed by atoms with van der Waals surface area (Å²) < 4.78 is 0. The van der Waals surface area contributed by atoms with Gasteiger partial charge in [0.2, 0.25) is 5.91 Å². The van der Waals surface area contributed by atoms with Crippen molar-refractivity contribution in [3.05, 3.63) is 0 Å². The summed E-state index contributed by atoms with van der Waals surface area (Å²) in [7, 11) is 0. The molecule has 5 heteroatoms. The number of piperidine rings is 1. The van der Waals surface area contributed by atoms with Gasteiger partial charge in [0.1, 0.15) is 0 Å². The molecule has 1 amide bonds. The average Bonchev–Trinajstić information content (AvgIpc) is 3.20. The number of carboxylic acids is 1. The summed E-state index contributed by atoms with van der Waals surface area (Å²) >= 11 is 0. The topological polar surface area (TPSA) is 60.9 Å². The van der Waals surface area contributed by atoms with Gasteiger partial charge in [-0.2, -0.15) is 0 Å². The van der Waals surface area contributed by atoms with Crippen molar-refractivity contribution in [2.75, 3.05) is 26.2 Å². The number of carboxylic acid groups (broad SMARTS) is 1. The lowest BCUT2D eigenvalue weighted by Crippen LogP contribution is -2.47. The molecule has 0 bridgehead atoms. The van der Waals surface area contributed by atoms with Crippen molar-refractivity contribution in [1.82, 2.24) is 9.80 Å². The Hall–Kier alpha value is -1.10. The van der Waals surface area contributed by atoms with E-state index in [4.69, 9.17) is 5.11 Å². The Morgan fingerprint density at radius 2 is 1.74 bits per heavy atom. The maximum absolute atomic E-state index is 12.1. The maximum Gasteiger partial charge on any atom is 0.307 e. The highest BCUT2D eigenvalue weighted by Crippen LogP contribution is 2.40. The molecule has 1 saturated carbocycles. The van der Waals surface area contributed by atoms with Gasteiger partial charge in [0, 0.05) is 19.1 Å². The van der Waals surface area contributed by atoms with Crippen LogP contribution in [0.25, 0.3) is 0 Å². The lowest BCUT2D eigenvalue weighted by atomic mass is 10.0. The molecule has 1 heterocycles. The SMILES string of the molecule is CCN(CC)C1CCN(C(=O)C2CC2C(=O)O)CC1. The fourth-order valence-electron chi connectivity index (χ4n) is 3.17. The molecule has 2 fully saturated rings. The summed E-state index contributed by atoms with van der Waals surface area (Å²) in [5.41, 5.74) is 0. The van der Waals surface area contributed by atoms with E-state index in [2.05, 4.69) is 18.7 Å². The number of hydrogen-bond acceptors (Lipinski definition) is 3. The third-order valence-corrected chi connectivity index (χ3v) is 4.53. The number of carbonyl (C=O) groups is 2. The number of rotatable bonds is 5. The van der Waals surface area contributed by atoms with Crippen molar-refractivity contribution < 1.29 is 14.7 Å². The van der Waals surface area contributed by atoms with Crippen LogP contribution in [0.2, 0.25) is 0 Å². The number of nitrogens with zero attached hydrogens (tertiary/aromatic N) is 2. The molecule has 0 radical (unpaired) electrons. The van der Waals surface area contributed by atoms with E-state index in [0.29, 0.717) is 12.5 Å². The molecular weight excluding hydrogens is 244 g/mol. The summed E-state index contributed by atoms with van der Waals surface area (Å²) in [5, 5.41) is 8.87. The molecule has 0 spiro atoms. The Kier molecular flexibility index (Phi) is 4.45. The van der Waals surface area contributed by atoms with Crippen molar-refractivity contribution >= 4 is 11.9 Å². The minimum Gasteiger partial charge on any atom is -0.481 e. The third kappa shape index (κ3) is 3.08. The number of hydrogen-bond donors (Lipinski definition) is 1. The second-order valence-electron chi connectivity index (χ2n) is 5.56. The van der Waals surface area contributed by atoms with E-state index in [1.807, 2.05) is 4.90 Å². The number of carbonyl (C=O) groups excluding carboxylic acids is 1. The molecule has 5 nitrogen and oxygen atoms in total. The van der Waals surface area contributed by atoms with E-state index in [9.17, 15) is 9.59 Å². The Balaban J connectivity index is 1.80. The van der Waals surface area contributed by atoms with Crippen LogP contribution in [0, 0.1) is 11.8 Å². The summed E-state index contributed by atoms with van der Waals surface area (Å²) in [5.74, 6) is -1.43. The Morgan fingerprint density at radius 1 is 1.16 bits per heavy atom. The van der Waals surface area contributed by atoms with Crippen LogP contribution in [0.4, 0.5) is 0 Å². The summed E-state index contributed by atoms with van der Waals surface area (Å²) in [6, 6.07) is 0.577. The van der Waals surface area contributed by atoms with Crippen molar-refractivity contribution in [1.29, 1.82) is 0 Å². The minimum absolute atomic E-state index is 0.0606. The first-order chi connectivity index (χ1) is 9.08.